The maximum absolute atomic E-state index is 11.5. The van der Waals surface area contributed by atoms with Crippen molar-refractivity contribution in [2.45, 2.75) is 6.92 Å². The van der Waals surface area contributed by atoms with Crippen molar-refractivity contribution in [3.8, 4) is 0 Å². The molecule has 0 bridgehead atoms. The second kappa shape index (κ2) is 3.77. The third-order valence-corrected chi connectivity index (χ3v) is 2.41. The van der Waals surface area contributed by atoms with Crippen molar-refractivity contribution in [3.63, 3.8) is 0 Å². The van der Waals surface area contributed by atoms with Crippen LogP contribution < -0.4 is 4.90 Å². The minimum absolute atomic E-state index is 0.307. The Morgan fingerprint density at radius 2 is 1.69 bits per heavy atom. The number of imide groups is 1. The minimum atomic E-state index is -0.307. The molecule has 2 amide bonds. The summed E-state index contributed by atoms with van der Waals surface area (Å²) in [6, 6.07) is 7.23. The lowest BCUT2D eigenvalue weighted by Gasteiger charge is -2.17. The highest BCUT2D eigenvalue weighted by atomic mass is 16.2. The molecule has 1 aliphatic heterocycles. The van der Waals surface area contributed by atoms with Gasteiger partial charge in [-0.1, -0.05) is 24.8 Å². The van der Waals surface area contributed by atoms with Gasteiger partial charge in [-0.3, -0.25) is 9.59 Å². The molecule has 1 aromatic rings. The smallest absolute Gasteiger partial charge is 0.258 e. The molecule has 0 saturated carbocycles. The van der Waals surface area contributed by atoms with Crippen molar-refractivity contribution in [1.29, 1.82) is 0 Å². The van der Waals surface area contributed by atoms with Gasteiger partial charge in [0.25, 0.3) is 11.8 Å². The van der Waals surface area contributed by atoms with Gasteiger partial charge in [-0.15, -0.1) is 0 Å². The van der Waals surface area contributed by atoms with Crippen molar-refractivity contribution in [3.05, 3.63) is 48.6 Å². The van der Waals surface area contributed by atoms with Gasteiger partial charge in [0.15, 0.2) is 0 Å². The highest BCUT2D eigenvalue weighted by molar-refractivity contribution is 6.28. The fourth-order valence-electron chi connectivity index (χ4n) is 1.67. The Balaban J connectivity index is 2.52. The zero-order valence-electron chi connectivity index (χ0n) is 8.93. The molecule has 0 atom stereocenters. The quantitative estimate of drug-likeness (QED) is 0.706. The average Bonchev–Trinajstić information content (AvgIpc) is 2.58. The second-order valence-corrected chi connectivity index (χ2v) is 3.64. The summed E-state index contributed by atoms with van der Waals surface area (Å²) in [5.74, 6) is -0.614. The zero-order valence-corrected chi connectivity index (χ0v) is 8.93. The number of allylic oxidation sites excluding steroid dienone is 1. The average molecular weight is 213 g/mol. The fourth-order valence-corrected chi connectivity index (χ4v) is 1.67. The Morgan fingerprint density at radius 1 is 1.12 bits per heavy atom. The maximum Gasteiger partial charge on any atom is 0.258 e. The number of anilines is 1. The second-order valence-electron chi connectivity index (χ2n) is 3.64. The molecule has 1 aliphatic rings. The van der Waals surface area contributed by atoms with Crippen LogP contribution in [0, 0.1) is 0 Å². The van der Waals surface area contributed by atoms with Gasteiger partial charge >= 0.3 is 0 Å². The molecule has 0 fully saturated rings. The van der Waals surface area contributed by atoms with Gasteiger partial charge in [-0.25, -0.2) is 4.90 Å². The highest BCUT2D eigenvalue weighted by Gasteiger charge is 2.26. The lowest BCUT2D eigenvalue weighted by atomic mass is 10.1. The van der Waals surface area contributed by atoms with E-state index in [1.165, 1.54) is 12.2 Å². The first kappa shape index (κ1) is 10.4. The molecule has 0 N–H and O–H groups in total. The van der Waals surface area contributed by atoms with E-state index in [2.05, 4.69) is 6.58 Å². The van der Waals surface area contributed by atoms with Gasteiger partial charge in [0.05, 0.1) is 5.69 Å². The summed E-state index contributed by atoms with van der Waals surface area (Å²) in [5.41, 5.74) is 2.23. The molecule has 0 saturated heterocycles. The number of hydrogen-bond acceptors (Lipinski definition) is 2. The number of rotatable bonds is 2. The number of benzene rings is 1. The molecule has 1 aromatic carbocycles. The predicted octanol–water partition coefficient (Wildman–Crippen LogP) is 2.15. The van der Waals surface area contributed by atoms with Crippen LogP contribution in [0.3, 0.4) is 0 Å². The number of carbonyl (C=O) groups is 2. The molecule has 0 spiro atoms. The van der Waals surface area contributed by atoms with Gasteiger partial charge in [-0.2, -0.15) is 0 Å². The molecule has 0 aromatic heterocycles. The van der Waals surface area contributed by atoms with Gasteiger partial charge in [0.2, 0.25) is 0 Å². The minimum Gasteiger partial charge on any atom is -0.269 e. The van der Waals surface area contributed by atoms with Gasteiger partial charge in [-0.05, 0) is 18.6 Å². The SMILES string of the molecule is C=C(C)c1ccccc1N1C(=O)C=CC1=O. The highest BCUT2D eigenvalue weighted by Crippen LogP contribution is 2.27. The van der Waals surface area contributed by atoms with E-state index in [1.807, 2.05) is 19.1 Å². The molecule has 1 heterocycles. The van der Waals surface area contributed by atoms with E-state index in [9.17, 15) is 9.59 Å². The van der Waals surface area contributed by atoms with Crippen molar-refractivity contribution in [1.82, 2.24) is 0 Å². The van der Waals surface area contributed by atoms with Crippen LogP contribution in [0.25, 0.3) is 5.57 Å². The lowest BCUT2D eigenvalue weighted by molar-refractivity contribution is -0.119. The molecule has 3 heteroatoms. The molecule has 0 unspecified atom stereocenters. The van der Waals surface area contributed by atoms with E-state index in [0.29, 0.717) is 5.69 Å². The molecule has 3 nitrogen and oxygen atoms in total. The third-order valence-electron chi connectivity index (χ3n) is 2.41. The monoisotopic (exact) mass is 213 g/mol. The first-order chi connectivity index (χ1) is 7.61. The molecular weight excluding hydrogens is 202 g/mol. The Bertz CT molecular complexity index is 496. The first-order valence-electron chi connectivity index (χ1n) is 4.92. The Kier molecular flexibility index (Phi) is 2.44. The van der Waals surface area contributed by atoms with E-state index in [4.69, 9.17) is 0 Å². The van der Waals surface area contributed by atoms with Crippen molar-refractivity contribution < 1.29 is 9.59 Å². The third kappa shape index (κ3) is 1.56. The van der Waals surface area contributed by atoms with Crippen LogP contribution in [0.1, 0.15) is 12.5 Å². The summed E-state index contributed by atoms with van der Waals surface area (Å²) in [5, 5.41) is 0. The molecule has 16 heavy (non-hydrogen) atoms. The summed E-state index contributed by atoms with van der Waals surface area (Å²) < 4.78 is 0. The van der Waals surface area contributed by atoms with E-state index in [0.717, 1.165) is 16.0 Å². The molecule has 2 rings (SSSR count). The van der Waals surface area contributed by atoms with E-state index in [1.54, 1.807) is 12.1 Å². The Labute approximate surface area is 93.7 Å². The van der Waals surface area contributed by atoms with Crippen molar-refractivity contribution >= 4 is 23.1 Å². The van der Waals surface area contributed by atoms with Crippen LogP contribution in [0.15, 0.2) is 43.0 Å². The maximum atomic E-state index is 11.5. The van der Waals surface area contributed by atoms with Crippen LogP contribution >= 0.6 is 0 Å². The van der Waals surface area contributed by atoms with Crippen LogP contribution in [-0.4, -0.2) is 11.8 Å². The summed E-state index contributed by atoms with van der Waals surface area (Å²) in [6.07, 6.45) is 2.55. The Morgan fingerprint density at radius 3 is 2.25 bits per heavy atom. The lowest BCUT2D eigenvalue weighted by Crippen LogP contribution is -2.30. The topological polar surface area (TPSA) is 37.4 Å². The predicted molar refractivity (Wildman–Crippen MR) is 62.8 cm³/mol. The number of hydrogen-bond donors (Lipinski definition) is 0. The van der Waals surface area contributed by atoms with Crippen molar-refractivity contribution in [2.75, 3.05) is 4.90 Å². The van der Waals surface area contributed by atoms with E-state index < -0.39 is 0 Å². The number of para-hydroxylation sites is 1. The van der Waals surface area contributed by atoms with E-state index >= 15 is 0 Å². The van der Waals surface area contributed by atoms with Gasteiger partial charge in [0, 0.05) is 17.7 Å². The molecule has 0 radical (unpaired) electrons. The van der Waals surface area contributed by atoms with E-state index in [-0.39, 0.29) is 11.8 Å². The first-order valence-corrected chi connectivity index (χ1v) is 4.92. The summed E-state index contributed by atoms with van der Waals surface area (Å²) in [7, 11) is 0. The summed E-state index contributed by atoms with van der Waals surface area (Å²) >= 11 is 0. The number of amides is 2. The Hall–Kier alpha value is -2.16. The van der Waals surface area contributed by atoms with Crippen molar-refractivity contribution in [2.24, 2.45) is 0 Å². The summed E-state index contributed by atoms with van der Waals surface area (Å²) in [6.45, 7) is 5.68. The normalized spacial score (nSPS) is 14.7. The van der Waals surface area contributed by atoms with Crippen LogP contribution in [-0.2, 0) is 9.59 Å². The standard InChI is InChI=1S/C13H11NO2/c1-9(2)10-5-3-4-6-11(10)14-12(15)7-8-13(14)16/h3-8H,1H2,2H3. The molecule has 0 aliphatic carbocycles. The van der Waals surface area contributed by atoms with Crippen LogP contribution in [0.2, 0.25) is 0 Å². The van der Waals surface area contributed by atoms with Gasteiger partial charge in [0.1, 0.15) is 0 Å². The number of carbonyl (C=O) groups excluding carboxylic acids is 2. The largest absolute Gasteiger partial charge is 0.269 e. The van der Waals surface area contributed by atoms with Gasteiger partial charge < -0.3 is 0 Å². The zero-order chi connectivity index (χ0) is 11.7. The number of nitrogens with zero attached hydrogens (tertiary/aromatic N) is 1. The van der Waals surface area contributed by atoms with Crippen LogP contribution in [0.4, 0.5) is 5.69 Å². The fraction of sp³-hybridized carbons (Fsp3) is 0.0769. The molecular formula is C13H11NO2. The summed E-state index contributed by atoms with van der Waals surface area (Å²) in [4.78, 5) is 24.3. The molecule has 80 valence electrons. The van der Waals surface area contributed by atoms with Crippen LogP contribution in [0.5, 0.6) is 0 Å².